The molecule has 0 spiro atoms. The molecule has 0 aliphatic heterocycles. The van der Waals surface area contributed by atoms with Gasteiger partial charge in [0.1, 0.15) is 11.7 Å². The summed E-state index contributed by atoms with van der Waals surface area (Å²) in [6.07, 6.45) is -3.96. The molecule has 0 radical (unpaired) electrons. The summed E-state index contributed by atoms with van der Waals surface area (Å²) in [4.78, 5) is 15.9. The summed E-state index contributed by atoms with van der Waals surface area (Å²) in [5, 5.41) is 9.72. The Morgan fingerprint density at radius 3 is 2.23 bits per heavy atom. The molecule has 30 heavy (non-hydrogen) atoms. The summed E-state index contributed by atoms with van der Waals surface area (Å²) in [7, 11) is 0. The van der Waals surface area contributed by atoms with Gasteiger partial charge in [0, 0.05) is 11.2 Å². The van der Waals surface area contributed by atoms with Crippen LogP contribution in [0.3, 0.4) is 0 Å². The quantitative estimate of drug-likeness (QED) is 0.346. The molecule has 3 aromatic rings. The van der Waals surface area contributed by atoms with Crippen molar-refractivity contribution >= 4 is 29.2 Å². The molecule has 1 aromatic heterocycles. The normalized spacial score (nSPS) is 12.1. The number of benzene rings is 2. The molecule has 9 heteroatoms. The second-order valence-electron chi connectivity index (χ2n) is 6.12. The smallest absolute Gasteiger partial charge is 0.417 e. The molecule has 0 aliphatic rings. The number of esters is 1. The van der Waals surface area contributed by atoms with Gasteiger partial charge in [0.2, 0.25) is 0 Å². The van der Waals surface area contributed by atoms with Crippen molar-refractivity contribution in [3.8, 4) is 11.8 Å². The van der Waals surface area contributed by atoms with E-state index >= 15 is 0 Å². The second kappa shape index (κ2) is 8.74. The van der Waals surface area contributed by atoms with Gasteiger partial charge in [-0.25, -0.2) is 4.79 Å². The van der Waals surface area contributed by atoms with Crippen molar-refractivity contribution < 1.29 is 22.7 Å². The maximum atomic E-state index is 12.8. The predicted octanol–water partition coefficient (Wildman–Crippen LogP) is 6.28. The number of carbonyl (C=O) groups excluding carboxylic acids is 1. The van der Waals surface area contributed by atoms with Crippen molar-refractivity contribution in [1.29, 1.82) is 5.26 Å². The zero-order valence-electron chi connectivity index (χ0n) is 15.0. The first kappa shape index (κ1) is 21.6. The van der Waals surface area contributed by atoms with Crippen LogP contribution in [-0.4, -0.2) is 11.0 Å². The van der Waals surface area contributed by atoms with Crippen molar-refractivity contribution in [3.63, 3.8) is 0 Å². The number of aromatic nitrogens is 1. The number of nitrogens with zero attached hydrogens (tertiary/aromatic N) is 2. The number of rotatable bonds is 4. The first-order valence-corrected chi connectivity index (χ1v) is 9.14. The maximum Gasteiger partial charge on any atom is 0.417 e. The van der Waals surface area contributed by atoms with E-state index in [0.29, 0.717) is 22.3 Å². The summed E-state index contributed by atoms with van der Waals surface area (Å²) in [6, 6.07) is 14.8. The standard InChI is InChI=1S/C21H11Cl2F3N2O2/c22-15-5-1-13(2-6-15)20(29)30-16-7-3-12(4-8-16)17(10-27)19-18(23)9-14(11-28-19)21(24,25)26/h1-9,11,17H. The van der Waals surface area contributed by atoms with Gasteiger partial charge in [0.25, 0.3) is 0 Å². The van der Waals surface area contributed by atoms with E-state index in [9.17, 15) is 23.2 Å². The molecule has 0 N–H and O–H groups in total. The molecule has 4 nitrogen and oxygen atoms in total. The van der Waals surface area contributed by atoms with E-state index in [1.807, 2.05) is 6.07 Å². The average molecular weight is 451 g/mol. The Bertz CT molecular complexity index is 1110. The highest BCUT2D eigenvalue weighted by Gasteiger charge is 2.32. The third kappa shape index (κ3) is 4.90. The molecule has 0 bridgehead atoms. The van der Waals surface area contributed by atoms with E-state index in [2.05, 4.69) is 4.98 Å². The van der Waals surface area contributed by atoms with Gasteiger partial charge in [-0.15, -0.1) is 0 Å². The minimum Gasteiger partial charge on any atom is -0.423 e. The predicted molar refractivity (Wildman–Crippen MR) is 105 cm³/mol. The van der Waals surface area contributed by atoms with Gasteiger partial charge in [-0.2, -0.15) is 18.4 Å². The molecule has 0 amide bonds. The number of hydrogen-bond donors (Lipinski definition) is 0. The fraction of sp³-hybridized carbons (Fsp3) is 0.0952. The molecule has 0 saturated heterocycles. The Morgan fingerprint density at radius 1 is 1.07 bits per heavy atom. The van der Waals surface area contributed by atoms with Gasteiger partial charge in [0.15, 0.2) is 0 Å². The molecule has 3 rings (SSSR count). The Kier molecular flexibility index (Phi) is 6.30. The minimum absolute atomic E-state index is 0.00178. The van der Waals surface area contributed by atoms with E-state index in [1.54, 1.807) is 12.1 Å². The third-order valence-corrected chi connectivity index (χ3v) is 4.66. The SMILES string of the molecule is N#CC(c1ccc(OC(=O)c2ccc(Cl)cc2)cc1)c1ncc(C(F)(F)F)cc1Cl. The van der Waals surface area contributed by atoms with Crippen molar-refractivity contribution in [1.82, 2.24) is 4.98 Å². The van der Waals surface area contributed by atoms with Crippen molar-refractivity contribution in [2.24, 2.45) is 0 Å². The fourth-order valence-corrected chi connectivity index (χ4v) is 2.99. The summed E-state index contributed by atoms with van der Waals surface area (Å²) >= 11 is 11.7. The molecule has 0 aliphatic carbocycles. The van der Waals surface area contributed by atoms with Gasteiger partial charge in [0.05, 0.1) is 27.9 Å². The minimum atomic E-state index is -4.59. The fourth-order valence-electron chi connectivity index (χ4n) is 2.59. The molecular weight excluding hydrogens is 440 g/mol. The molecule has 152 valence electrons. The van der Waals surface area contributed by atoms with E-state index < -0.39 is 23.6 Å². The number of carbonyl (C=O) groups is 1. The molecular formula is C21H11Cl2F3N2O2. The first-order valence-electron chi connectivity index (χ1n) is 8.39. The molecule has 1 unspecified atom stereocenters. The number of pyridine rings is 1. The van der Waals surface area contributed by atoms with Gasteiger partial charge in [-0.1, -0.05) is 35.3 Å². The van der Waals surface area contributed by atoms with Crippen molar-refractivity contribution in [2.45, 2.75) is 12.1 Å². The van der Waals surface area contributed by atoms with Gasteiger partial charge < -0.3 is 4.74 Å². The Balaban J connectivity index is 1.80. The lowest BCUT2D eigenvalue weighted by Crippen LogP contribution is -2.09. The monoisotopic (exact) mass is 450 g/mol. The Hall–Kier alpha value is -3.08. The van der Waals surface area contributed by atoms with E-state index in [4.69, 9.17) is 27.9 Å². The summed E-state index contributed by atoms with van der Waals surface area (Å²) in [5.41, 5.74) is -0.271. The van der Waals surface area contributed by atoms with E-state index in [0.717, 1.165) is 6.07 Å². The van der Waals surface area contributed by atoms with Crippen LogP contribution in [0.25, 0.3) is 0 Å². The van der Waals surface area contributed by atoms with Crippen LogP contribution in [0.5, 0.6) is 5.75 Å². The van der Waals surface area contributed by atoms with Gasteiger partial charge in [-0.3, -0.25) is 4.98 Å². The largest absolute Gasteiger partial charge is 0.423 e. The lowest BCUT2D eigenvalue weighted by molar-refractivity contribution is -0.137. The van der Waals surface area contributed by atoms with Crippen LogP contribution in [0.4, 0.5) is 13.2 Å². The van der Waals surface area contributed by atoms with Crippen molar-refractivity contribution in [2.75, 3.05) is 0 Å². The lowest BCUT2D eigenvalue weighted by atomic mass is 9.96. The van der Waals surface area contributed by atoms with Crippen molar-refractivity contribution in [3.05, 3.63) is 93.2 Å². The first-order chi connectivity index (χ1) is 14.2. The lowest BCUT2D eigenvalue weighted by Gasteiger charge is -2.13. The maximum absolute atomic E-state index is 12.8. The van der Waals surface area contributed by atoms with Gasteiger partial charge in [-0.05, 0) is 48.0 Å². The highest BCUT2D eigenvalue weighted by Crippen LogP contribution is 2.34. The zero-order valence-corrected chi connectivity index (χ0v) is 16.5. The number of halogens is 5. The molecule has 1 atom stereocenters. The highest BCUT2D eigenvalue weighted by molar-refractivity contribution is 6.31. The number of ether oxygens (including phenoxy) is 1. The number of hydrogen-bond acceptors (Lipinski definition) is 4. The topological polar surface area (TPSA) is 63.0 Å². The Labute approximate surface area is 179 Å². The van der Waals surface area contributed by atoms with Crippen LogP contribution in [0.2, 0.25) is 10.0 Å². The third-order valence-electron chi connectivity index (χ3n) is 4.10. The number of nitriles is 1. The molecule has 0 saturated carbocycles. The second-order valence-corrected chi connectivity index (χ2v) is 6.96. The van der Waals surface area contributed by atoms with Gasteiger partial charge >= 0.3 is 12.1 Å². The summed E-state index contributed by atoms with van der Waals surface area (Å²) < 4.78 is 43.6. The average Bonchev–Trinajstić information content (AvgIpc) is 2.70. The molecule has 0 fully saturated rings. The summed E-state index contributed by atoms with van der Waals surface area (Å²) in [6.45, 7) is 0. The van der Waals surface area contributed by atoms with Crippen LogP contribution >= 0.6 is 23.2 Å². The Morgan fingerprint density at radius 2 is 1.70 bits per heavy atom. The van der Waals surface area contributed by atoms with Crippen LogP contribution < -0.4 is 4.74 Å². The van der Waals surface area contributed by atoms with E-state index in [-0.39, 0.29) is 16.5 Å². The molecule has 2 aromatic carbocycles. The van der Waals surface area contributed by atoms with Crippen LogP contribution in [0, 0.1) is 11.3 Å². The van der Waals surface area contributed by atoms with Crippen LogP contribution in [0.1, 0.15) is 33.1 Å². The molecule has 1 heterocycles. The van der Waals surface area contributed by atoms with E-state index in [1.165, 1.54) is 36.4 Å². The summed E-state index contributed by atoms with van der Waals surface area (Å²) in [5.74, 6) is -1.37. The highest BCUT2D eigenvalue weighted by atomic mass is 35.5. The number of alkyl halides is 3. The van der Waals surface area contributed by atoms with Crippen LogP contribution in [-0.2, 0) is 6.18 Å². The zero-order chi connectivity index (χ0) is 21.9. The van der Waals surface area contributed by atoms with Crippen LogP contribution in [0.15, 0.2) is 60.8 Å².